The van der Waals surface area contributed by atoms with Gasteiger partial charge in [0.2, 0.25) is 0 Å². The van der Waals surface area contributed by atoms with Gasteiger partial charge in [-0.1, -0.05) is 22.5 Å². The second-order valence-electron chi connectivity index (χ2n) is 3.20. The van der Waals surface area contributed by atoms with Crippen molar-refractivity contribution in [3.05, 3.63) is 40.4 Å². The van der Waals surface area contributed by atoms with E-state index in [1.165, 1.54) is 6.07 Å². The summed E-state index contributed by atoms with van der Waals surface area (Å²) in [5, 5.41) is 12.0. The van der Waals surface area contributed by atoms with E-state index in [0.717, 1.165) is 0 Å². The predicted octanol–water partition coefficient (Wildman–Crippen LogP) is 2.34. The van der Waals surface area contributed by atoms with Gasteiger partial charge in [0.15, 0.2) is 0 Å². The van der Waals surface area contributed by atoms with Crippen LogP contribution in [0.2, 0.25) is 0 Å². The molecular formula is C11H12BrNO2. The Morgan fingerprint density at radius 2 is 2.27 bits per heavy atom. The number of benzene rings is 1. The third-order valence-corrected chi connectivity index (χ3v) is 2.18. The first kappa shape index (κ1) is 11.8. The molecule has 0 heterocycles. The lowest BCUT2D eigenvalue weighted by Gasteiger charge is -2.05. The van der Waals surface area contributed by atoms with Crippen LogP contribution in [0.1, 0.15) is 15.9 Å². The third kappa shape index (κ3) is 3.40. The fraction of sp³-hybridized carbons (Fsp3) is 0.182. The molecule has 15 heavy (non-hydrogen) atoms. The molecule has 0 atom stereocenters. The summed E-state index contributed by atoms with van der Waals surface area (Å²) in [5.41, 5.74) is 1.21. The summed E-state index contributed by atoms with van der Waals surface area (Å²) in [4.78, 5) is 11.6. The molecule has 2 N–H and O–H groups in total. The van der Waals surface area contributed by atoms with E-state index in [1.807, 2.05) is 0 Å². The van der Waals surface area contributed by atoms with Gasteiger partial charge in [-0.15, -0.1) is 0 Å². The lowest BCUT2D eigenvalue weighted by atomic mass is 10.1. The standard InChI is InChI=1S/C11H12BrNO2/c1-7-5-9(3-4-10(7)14)11(15)13-6-8(2)12/h3-5,14H,2,6H2,1H3,(H,13,15). The average molecular weight is 270 g/mol. The molecule has 0 aliphatic rings. The third-order valence-electron chi connectivity index (χ3n) is 1.90. The van der Waals surface area contributed by atoms with E-state index >= 15 is 0 Å². The first-order chi connectivity index (χ1) is 7.00. The Balaban J connectivity index is 2.74. The number of phenols is 1. The number of carbonyl (C=O) groups excluding carboxylic acids is 1. The molecule has 0 saturated heterocycles. The number of rotatable bonds is 3. The predicted molar refractivity (Wildman–Crippen MR) is 63.2 cm³/mol. The van der Waals surface area contributed by atoms with Gasteiger partial charge in [-0.05, 0) is 30.7 Å². The van der Waals surface area contributed by atoms with Crippen LogP contribution in [0.3, 0.4) is 0 Å². The second-order valence-corrected chi connectivity index (χ2v) is 4.32. The van der Waals surface area contributed by atoms with E-state index in [-0.39, 0.29) is 11.7 Å². The summed E-state index contributed by atoms with van der Waals surface area (Å²) >= 11 is 3.15. The van der Waals surface area contributed by atoms with Crippen molar-refractivity contribution in [3.63, 3.8) is 0 Å². The average Bonchev–Trinajstić information content (AvgIpc) is 2.18. The molecule has 1 aromatic carbocycles. The van der Waals surface area contributed by atoms with Crippen LogP contribution in [-0.4, -0.2) is 17.6 Å². The van der Waals surface area contributed by atoms with Gasteiger partial charge in [-0.2, -0.15) is 0 Å². The molecule has 80 valence electrons. The molecule has 0 fully saturated rings. The van der Waals surface area contributed by atoms with Crippen LogP contribution in [0.5, 0.6) is 5.75 Å². The summed E-state index contributed by atoms with van der Waals surface area (Å²) in [6, 6.07) is 4.73. The molecule has 0 unspecified atom stereocenters. The molecule has 0 aliphatic heterocycles. The van der Waals surface area contributed by atoms with Crippen molar-refractivity contribution in [1.82, 2.24) is 5.32 Å². The Morgan fingerprint density at radius 1 is 1.60 bits per heavy atom. The number of halogens is 1. The largest absolute Gasteiger partial charge is 0.508 e. The lowest BCUT2D eigenvalue weighted by Crippen LogP contribution is -2.24. The quantitative estimate of drug-likeness (QED) is 0.885. The van der Waals surface area contributed by atoms with Crippen LogP contribution in [0.4, 0.5) is 0 Å². The summed E-state index contributed by atoms with van der Waals surface area (Å²) in [7, 11) is 0. The van der Waals surface area contributed by atoms with E-state index in [0.29, 0.717) is 22.2 Å². The maximum atomic E-state index is 11.6. The SMILES string of the molecule is C=C(Br)CNC(=O)c1ccc(O)c(C)c1. The van der Waals surface area contributed by atoms with Gasteiger partial charge in [0.25, 0.3) is 5.91 Å². The maximum absolute atomic E-state index is 11.6. The highest BCUT2D eigenvalue weighted by atomic mass is 79.9. The van der Waals surface area contributed by atoms with Crippen molar-refractivity contribution in [2.75, 3.05) is 6.54 Å². The lowest BCUT2D eigenvalue weighted by molar-refractivity contribution is 0.0957. The highest BCUT2D eigenvalue weighted by Crippen LogP contribution is 2.16. The van der Waals surface area contributed by atoms with Crippen LogP contribution >= 0.6 is 15.9 Å². The minimum Gasteiger partial charge on any atom is -0.508 e. The molecule has 0 spiro atoms. The monoisotopic (exact) mass is 269 g/mol. The van der Waals surface area contributed by atoms with Gasteiger partial charge in [-0.3, -0.25) is 4.79 Å². The molecule has 4 heteroatoms. The second kappa shape index (κ2) is 4.98. The van der Waals surface area contributed by atoms with E-state index in [1.54, 1.807) is 19.1 Å². The highest BCUT2D eigenvalue weighted by Gasteiger charge is 2.06. The van der Waals surface area contributed by atoms with Crippen molar-refractivity contribution in [1.29, 1.82) is 0 Å². The molecule has 3 nitrogen and oxygen atoms in total. The highest BCUT2D eigenvalue weighted by molar-refractivity contribution is 9.11. The van der Waals surface area contributed by atoms with Crippen LogP contribution in [0.15, 0.2) is 29.3 Å². The number of nitrogens with one attached hydrogen (secondary N) is 1. The number of hydrogen-bond donors (Lipinski definition) is 2. The smallest absolute Gasteiger partial charge is 0.251 e. The van der Waals surface area contributed by atoms with Gasteiger partial charge < -0.3 is 10.4 Å². The van der Waals surface area contributed by atoms with Crippen LogP contribution < -0.4 is 5.32 Å². The Hall–Kier alpha value is -1.29. The number of phenolic OH excluding ortho intramolecular Hbond substituents is 1. The maximum Gasteiger partial charge on any atom is 0.251 e. The van der Waals surface area contributed by atoms with Crippen LogP contribution in [-0.2, 0) is 0 Å². The van der Waals surface area contributed by atoms with Gasteiger partial charge >= 0.3 is 0 Å². The topological polar surface area (TPSA) is 49.3 Å². The summed E-state index contributed by atoms with van der Waals surface area (Å²) in [6.45, 7) is 5.75. The molecule has 0 radical (unpaired) electrons. The molecule has 0 aromatic heterocycles. The first-order valence-corrected chi connectivity index (χ1v) is 5.21. The summed E-state index contributed by atoms with van der Waals surface area (Å²) in [6.07, 6.45) is 0. The summed E-state index contributed by atoms with van der Waals surface area (Å²) < 4.78 is 0.714. The molecular weight excluding hydrogens is 258 g/mol. The van der Waals surface area contributed by atoms with E-state index < -0.39 is 0 Å². The Labute approximate surface area is 96.9 Å². The fourth-order valence-electron chi connectivity index (χ4n) is 1.07. The van der Waals surface area contributed by atoms with Crippen LogP contribution in [0, 0.1) is 6.92 Å². The molecule has 0 aliphatic carbocycles. The normalized spacial score (nSPS) is 9.73. The zero-order valence-corrected chi connectivity index (χ0v) is 9.97. The van der Waals surface area contributed by atoms with Crippen molar-refractivity contribution in [3.8, 4) is 5.75 Å². The van der Waals surface area contributed by atoms with E-state index in [9.17, 15) is 9.90 Å². The molecule has 0 bridgehead atoms. The van der Waals surface area contributed by atoms with Crippen molar-refractivity contribution < 1.29 is 9.90 Å². The number of carbonyl (C=O) groups is 1. The Morgan fingerprint density at radius 3 is 2.80 bits per heavy atom. The number of aryl methyl sites for hydroxylation is 1. The van der Waals surface area contributed by atoms with Crippen molar-refractivity contribution in [2.24, 2.45) is 0 Å². The number of hydrogen-bond acceptors (Lipinski definition) is 2. The van der Waals surface area contributed by atoms with Crippen molar-refractivity contribution >= 4 is 21.8 Å². The van der Waals surface area contributed by atoms with E-state index in [4.69, 9.17) is 0 Å². The van der Waals surface area contributed by atoms with Crippen LogP contribution in [0.25, 0.3) is 0 Å². The minimum atomic E-state index is -0.182. The molecule has 0 saturated carbocycles. The fourth-order valence-corrected chi connectivity index (χ4v) is 1.22. The molecule has 1 aromatic rings. The zero-order valence-electron chi connectivity index (χ0n) is 8.38. The number of aromatic hydroxyl groups is 1. The Bertz CT molecular complexity index is 402. The molecule has 1 rings (SSSR count). The first-order valence-electron chi connectivity index (χ1n) is 4.42. The van der Waals surface area contributed by atoms with Crippen molar-refractivity contribution in [2.45, 2.75) is 6.92 Å². The Kier molecular flexibility index (Phi) is 3.91. The summed E-state index contributed by atoms with van der Waals surface area (Å²) in [5.74, 6) is 0.00940. The zero-order chi connectivity index (χ0) is 11.4. The van der Waals surface area contributed by atoms with E-state index in [2.05, 4.69) is 27.8 Å². The number of amides is 1. The molecule has 1 amide bonds. The van der Waals surface area contributed by atoms with Gasteiger partial charge in [0.05, 0.1) is 0 Å². The van der Waals surface area contributed by atoms with Gasteiger partial charge in [-0.25, -0.2) is 0 Å². The van der Waals surface area contributed by atoms with Gasteiger partial charge in [0.1, 0.15) is 5.75 Å². The minimum absolute atomic E-state index is 0.182. The van der Waals surface area contributed by atoms with Gasteiger partial charge in [0, 0.05) is 16.6 Å².